The molecule has 1 aromatic heterocycles. The van der Waals surface area contributed by atoms with E-state index in [1.54, 1.807) is 0 Å². The zero-order valence-electron chi connectivity index (χ0n) is 10.7. The summed E-state index contributed by atoms with van der Waals surface area (Å²) in [7, 11) is 0. The monoisotopic (exact) mass is 286 g/mol. The fraction of sp³-hybridized carbons (Fsp3) is 0.538. The van der Waals surface area contributed by atoms with Crippen LogP contribution in [0.2, 0.25) is 5.15 Å². The quantitative estimate of drug-likeness (QED) is 0.868. The first-order valence-electron chi connectivity index (χ1n) is 6.17. The van der Waals surface area contributed by atoms with Gasteiger partial charge in [-0.2, -0.15) is 0 Å². The maximum absolute atomic E-state index is 13.1. The van der Waals surface area contributed by atoms with Crippen LogP contribution in [0.3, 0.4) is 0 Å². The Hall–Kier alpha value is -1.20. The molecule has 0 radical (unpaired) electrons. The molecule has 6 heteroatoms. The Balaban J connectivity index is 1.99. The van der Waals surface area contributed by atoms with E-state index in [1.165, 1.54) is 0 Å². The smallest absolute Gasteiger partial charge is 0.254 e. The molecule has 19 heavy (non-hydrogen) atoms. The second-order valence-corrected chi connectivity index (χ2v) is 5.46. The number of hydrogen-bond donors (Lipinski definition) is 1. The van der Waals surface area contributed by atoms with Gasteiger partial charge in [-0.1, -0.05) is 18.5 Å². The summed E-state index contributed by atoms with van der Waals surface area (Å²) in [6.45, 7) is 4.02. The molecule has 1 aromatic rings. The number of amides is 1. The lowest BCUT2D eigenvalue weighted by Crippen LogP contribution is -2.39. The number of hydrogen-bond acceptors (Lipinski definition) is 3. The van der Waals surface area contributed by atoms with Crippen molar-refractivity contribution >= 4 is 17.5 Å². The van der Waals surface area contributed by atoms with E-state index in [-0.39, 0.29) is 16.1 Å². The van der Waals surface area contributed by atoms with Crippen LogP contribution in [0.5, 0.6) is 0 Å². The number of halogens is 2. The maximum atomic E-state index is 13.1. The second kappa shape index (κ2) is 5.84. The van der Waals surface area contributed by atoms with Crippen molar-refractivity contribution in [2.75, 3.05) is 19.8 Å². The molecule has 4 nitrogen and oxygen atoms in total. The average Bonchev–Trinajstić information content (AvgIpc) is 2.40. The normalized spacial score (nSPS) is 18.1. The number of nitrogens with one attached hydrogen (secondary N) is 1. The van der Waals surface area contributed by atoms with Crippen molar-refractivity contribution in [1.29, 1.82) is 0 Å². The van der Waals surface area contributed by atoms with Crippen LogP contribution < -0.4 is 5.32 Å². The highest BCUT2D eigenvalue weighted by Gasteiger charge is 2.28. The van der Waals surface area contributed by atoms with Gasteiger partial charge in [-0.25, -0.2) is 9.37 Å². The number of carbonyl (C=O) groups excluding carboxylic acids is 1. The molecule has 1 N–H and O–H groups in total. The third kappa shape index (κ3) is 3.64. The highest BCUT2D eigenvalue weighted by atomic mass is 35.5. The van der Waals surface area contributed by atoms with E-state index in [1.807, 2.05) is 0 Å². The van der Waals surface area contributed by atoms with Crippen LogP contribution in [0, 0.1) is 11.2 Å². The molecular weight excluding hydrogens is 271 g/mol. The minimum atomic E-state index is -0.577. The summed E-state index contributed by atoms with van der Waals surface area (Å²) >= 11 is 5.79. The van der Waals surface area contributed by atoms with E-state index in [0.717, 1.165) is 25.1 Å². The Morgan fingerprint density at radius 3 is 2.95 bits per heavy atom. The molecule has 0 aliphatic carbocycles. The lowest BCUT2D eigenvalue weighted by molar-refractivity contribution is 0.0238. The van der Waals surface area contributed by atoms with Crippen LogP contribution in [-0.4, -0.2) is 30.6 Å². The lowest BCUT2D eigenvalue weighted by atomic mass is 9.82. The summed E-state index contributed by atoms with van der Waals surface area (Å²) in [5.74, 6) is -0.975. The Bertz CT molecular complexity index is 476. The first-order valence-corrected chi connectivity index (χ1v) is 6.55. The summed E-state index contributed by atoms with van der Waals surface area (Å²) in [5, 5.41) is 2.80. The molecule has 0 bridgehead atoms. The van der Waals surface area contributed by atoms with E-state index >= 15 is 0 Å². The minimum Gasteiger partial charge on any atom is -0.381 e. The average molecular weight is 287 g/mol. The van der Waals surface area contributed by atoms with Crippen molar-refractivity contribution in [3.05, 3.63) is 28.8 Å². The van der Waals surface area contributed by atoms with Gasteiger partial charge in [-0.15, -0.1) is 0 Å². The van der Waals surface area contributed by atoms with Crippen LogP contribution in [-0.2, 0) is 4.74 Å². The summed E-state index contributed by atoms with van der Waals surface area (Å²) < 4.78 is 18.4. The van der Waals surface area contributed by atoms with Gasteiger partial charge in [-0.05, 0) is 24.3 Å². The lowest BCUT2D eigenvalue weighted by Gasteiger charge is -2.33. The number of rotatable bonds is 3. The van der Waals surface area contributed by atoms with E-state index in [9.17, 15) is 9.18 Å². The van der Waals surface area contributed by atoms with Crippen LogP contribution in [0.25, 0.3) is 0 Å². The summed E-state index contributed by atoms with van der Waals surface area (Å²) in [6, 6.07) is 1.09. The molecule has 0 aromatic carbocycles. The Morgan fingerprint density at radius 2 is 2.26 bits per heavy atom. The van der Waals surface area contributed by atoms with Gasteiger partial charge in [0.1, 0.15) is 11.0 Å². The SMILES string of the molecule is CC1(CNC(=O)c2cc(F)cnc2Cl)CCOCC1. The maximum Gasteiger partial charge on any atom is 0.254 e. The molecule has 0 atom stereocenters. The fourth-order valence-electron chi connectivity index (χ4n) is 2.01. The number of nitrogens with zero attached hydrogens (tertiary/aromatic N) is 1. The van der Waals surface area contributed by atoms with Crippen molar-refractivity contribution in [1.82, 2.24) is 10.3 Å². The summed E-state index contributed by atoms with van der Waals surface area (Å²) in [5.41, 5.74) is 0.0820. The van der Waals surface area contributed by atoms with Crippen LogP contribution in [0.4, 0.5) is 4.39 Å². The summed E-state index contributed by atoms with van der Waals surface area (Å²) in [6.07, 6.45) is 2.77. The number of carbonyl (C=O) groups is 1. The Labute approximate surface area is 116 Å². The molecular formula is C13H16ClFN2O2. The number of ether oxygens (including phenoxy) is 1. The Kier molecular flexibility index (Phi) is 4.37. The van der Waals surface area contributed by atoms with Gasteiger partial charge in [0, 0.05) is 19.8 Å². The first-order chi connectivity index (χ1) is 9.00. The molecule has 0 saturated carbocycles. The predicted octanol–water partition coefficient (Wildman–Crippen LogP) is 2.42. The van der Waals surface area contributed by atoms with E-state index in [4.69, 9.17) is 16.3 Å². The van der Waals surface area contributed by atoms with Gasteiger partial charge in [0.15, 0.2) is 0 Å². The van der Waals surface area contributed by atoms with Crippen molar-refractivity contribution in [2.24, 2.45) is 5.41 Å². The van der Waals surface area contributed by atoms with Gasteiger partial charge < -0.3 is 10.1 Å². The van der Waals surface area contributed by atoms with Crippen molar-refractivity contribution in [2.45, 2.75) is 19.8 Å². The Morgan fingerprint density at radius 1 is 1.58 bits per heavy atom. The molecule has 1 saturated heterocycles. The highest BCUT2D eigenvalue weighted by Crippen LogP contribution is 2.28. The third-order valence-electron chi connectivity index (χ3n) is 3.43. The highest BCUT2D eigenvalue weighted by molar-refractivity contribution is 6.32. The topological polar surface area (TPSA) is 51.2 Å². The second-order valence-electron chi connectivity index (χ2n) is 5.10. The number of aromatic nitrogens is 1. The standard InChI is InChI=1S/C13H16ClFN2O2/c1-13(2-4-19-5-3-13)8-17-12(18)10-6-9(15)7-16-11(10)14/h6-7H,2-5,8H2,1H3,(H,17,18). The predicted molar refractivity (Wildman–Crippen MR) is 69.7 cm³/mol. The van der Waals surface area contributed by atoms with Crippen LogP contribution >= 0.6 is 11.6 Å². The zero-order chi connectivity index (χ0) is 13.9. The third-order valence-corrected chi connectivity index (χ3v) is 3.73. The summed E-state index contributed by atoms with van der Waals surface area (Å²) in [4.78, 5) is 15.6. The first kappa shape index (κ1) is 14.2. The molecule has 0 spiro atoms. The van der Waals surface area contributed by atoms with E-state index < -0.39 is 11.7 Å². The molecule has 1 amide bonds. The van der Waals surface area contributed by atoms with E-state index in [2.05, 4.69) is 17.2 Å². The molecule has 0 unspecified atom stereocenters. The van der Waals surface area contributed by atoms with Crippen LogP contribution in [0.1, 0.15) is 30.1 Å². The molecule has 1 aliphatic heterocycles. The molecule has 104 valence electrons. The molecule has 1 fully saturated rings. The minimum absolute atomic E-state index is 0.0102. The van der Waals surface area contributed by atoms with E-state index in [0.29, 0.717) is 19.8 Å². The molecule has 1 aliphatic rings. The van der Waals surface area contributed by atoms with Crippen molar-refractivity contribution < 1.29 is 13.9 Å². The fourth-order valence-corrected chi connectivity index (χ4v) is 2.20. The van der Waals surface area contributed by atoms with Gasteiger partial charge in [-0.3, -0.25) is 4.79 Å². The van der Waals surface area contributed by atoms with Gasteiger partial charge in [0.05, 0.1) is 11.8 Å². The van der Waals surface area contributed by atoms with Gasteiger partial charge in [0.25, 0.3) is 5.91 Å². The van der Waals surface area contributed by atoms with Gasteiger partial charge >= 0.3 is 0 Å². The van der Waals surface area contributed by atoms with Crippen LogP contribution in [0.15, 0.2) is 12.3 Å². The zero-order valence-corrected chi connectivity index (χ0v) is 11.5. The van der Waals surface area contributed by atoms with Gasteiger partial charge in [0.2, 0.25) is 0 Å². The molecule has 2 rings (SSSR count). The van der Waals surface area contributed by atoms with Crippen molar-refractivity contribution in [3.8, 4) is 0 Å². The molecule has 2 heterocycles. The van der Waals surface area contributed by atoms with Crippen molar-refractivity contribution in [3.63, 3.8) is 0 Å². The number of pyridine rings is 1. The largest absolute Gasteiger partial charge is 0.381 e.